The summed E-state index contributed by atoms with van der Waals surface area (Å²) in [6.45, 7) is 1.35. The molecule has 3 nitrogen and oxygen atoms in total. The van der Waals surface area contributed by atoms with Crippen LogP contribution in [0.25, 0.3) is 0 Å². The van der Waals surface area contributed by atoms with Crippen LogP contribution in [0.5, 0.6) is 0 Å². The fraction of sp³-hybridized carbons (Fsp3) is 0.235. The zero-order valence-electron chi connectivity index (χ0n) is 11.5. The maximum absolute atomic E-state index is 13.2. The molecule has 0 radical (unpaired) electrons. The number of nitrogens with zero attached hydrogens (tertiary/aromatic N) is 2. The standard InChI is InChI=1S/C17H15FN2O/c18-14-7-5-13(6-8-14)17(21)11-12-3-1-2-4-15(12)16-19-9-10-20(16)17/h1-8,21H,9-11H2/t17-/m0/s1. The van der Waals surface area contributed by atoms with E-state index in [0.29, 0.717) is 25.1 Å². The molecule has 2 aliphatic heterocycles. The van der Waals surface area contributed by atoms with Crippen LogP contribution in [-0.4, -0.2) is 28.9 Å². The number of rotatable bonds is 1. The van der Waals surface area contributed by atoms with Gasteiger partial charge in [-0.2, -0.15) is 0 Å². The Bertz CT molecular complexity index is 726. The second-order valence-corrected chi connectivity index (χ2v) is 5.51. The van der Waals surface area contributed by atoms with Crippen molar-refractivity contribution in [3.63, 3.8) is 0 Å². The predicted octanol–water partition coefficient (Wildman–Crippen LogP) is 2.29. The first-order valence-corrected chi connectivity index (χ1v) is 7.07. The molecular weight excluding hydrogens is 267 g/mol. The highest BCUT2D eigenvalue weighted by Gasteiger charge is 2.44. The van der Waals surface area contributed by atoms with Crippen LogP contribution < -0.4 is 0 Å². The molecule has 0 spiro atoms. The highest BCUT2D eigenvalue weighted by Crippen LogP contribution is 2.38. The lowest BCUT2D eigenvalue weighted by atomic mass is 9.86. The average Bonchev–Trinajstić information content (AvgIpc) is 2.99. The van der Waals surface area contributed by atoms with Crippen LogP contribution in [-0.2, 0) is 12.1 Å². The number of hydrogen-bond acceptors (Lipinski definition) is 3. The van der Waals surface area contributed by atoms with E-state index in [4.69, 9.17) is 0 Å². The number of halogens is 1. The van der Waals surface area contributed by atoms with E-state index in [1.807, 2.05) is 29.2 Å². The molecule has 2 aliphatic rings. The summed E-state index contributed by atoms with van der Waals surface area (Å²) in [4.78, 5) is 6.48. The van der Waals surface area contributed by atoms with Gasteiger partial charge >= 0.3 is 0 Å². The maximum Gasteiger partial charge on any atom is 0.169 e. The molecule has 0 saturated heterocycles. The van der Waals surface area contributed by atoms with Crippen LogP contribution >= 0.6 is 0 Å². The third kappa shape index (κ3) is 1.79. The van der Waals surface area contributed by atoms with Crippen LogP contribution in [0.4, 0.5) is 4.39 Å². The lowest BCUT2D eigenvalue weighted by Gasteiger charge is -2.43. The smallest absolute Gasteiger partial charge is 0.169 e. The molecule has 2 heterocycles. The van der Waals surface area contributed by atoms with Gasteiger partial charge in [0.25, 0.3) is 0 Å². The minimum Gasteiger partial charge on any atom is -0.366 e. The Kier molecular flexibility index (Phi) is 2.62. The van der Waals surface area contributed by atoms with Crippen molar-refractivity contribution in [1.82, 2.24) is 4.90 Å². The number of aliphatic imine (C=N–C) groups is 1. The minimum atomic E-state index is -1.16. The van der Waals surface area contributed by atoms with Gasteiger partial charge in [0.1, 0.15) is 11.7 Å². The molecule has 4 heteroatoms. The highest BCUT2D eigenvalue weighted by molar-refractivity contribution is 6.02. The van der Waals surface area contributed by atoms with Gasteiger partial charge in [-0.15, -0.1) is 0 Å². The Morgan fingerprint density at radius 2 is 1.86 bits per heavy atom. The van der Waals surface area contributed by atoms with E-state index in [1.165, 1.54) is 12.1 Å². The van der Waals surface area contributed by atoms with Crippen molar-refractivity contribution in [2.45, 2.75) is 12.1 Å². The Morgan fingerprint density at radius 3 is 2.67 bits per heavy atom. The first kappa shape index (κ1) is 12.5. The molecule has 0 fully saturated rings. The van der Waals surface area contributed by atoms with Gasteiger partial charge in [0.2, 0.25) is 0 Å². The summed E-state index contributed by atoms with van der Waals surface area (Å²) < 4.78 is 13.2. The van der Waals surface area contributed by atoms with Crippen molar-refractivity contribution in [3.8, 4) is 0 Å². The third-order valence-corrected chi connectivity index (χ3v) is 4.29. The van der Waals surface area contributed by atoms with Crippen molar-refractivity contribution in [2.75, 3.05) is 13.1 Å². The van der Waals surface area contributed by atoms with E-state index in [2.05, 4.69) is 4.99 Å². The first-order chi connectivity index (χ1) is 10.2. The lowest BCUT2D eigenvalue weighted by molar-refractivity contribution is -0.0745. The molecule has 1 N–H and O–H groups in total. The largest absolute Gasteiger partial charge is 0.366 e. The number of fused-ring (bicyclic) bond motifs is 3. The van der Waals surface area contributed by atoms with Gasteiger partial charge in [-0.1, -0.05) is 36.4 Å². The maximum atomic E-state index is 13.2. The third-order valence-electron chi connectivity index (χ3n) is 4.29. The number of aliphatic hydroxyl groups is 1. The van der Waals surface area contributed by atoms with Gasteiger partial charge in [-0.05, 0) is 17.7 Å². The summed E-state index contributed by atoms with van der Waals surface area (Å²) in [5, 5.41) is 11.3. The fourth-order valence-electron chi connectivity index (χ4n) is 3.27. The van der Waals surface area contributed by atoms with Crippen molar-refractivity contribution in [2.24, 2.45) is 4.99 Å². The van der Waals surface area contributed by atoms with Gasteiger partial charge in [0.15, 0.2) is 5.72 Å². The fourth-order valence-corrected chi connectivity index (χ4v) is 3.27. The molecular formula is C17H15FN2O. The monoisotopic (exact) mass is 282 g/mol. The van der Waals surface area contributed by atoms with Gasteiger partial charge in [0.05, 0.1) is 6.54 Å². The molecule has 2 aromatic carbocycles. The molecule has 0 aliphatic carbocycles. The van der Waals surface area contributed by atoms with Crippen LogP contribution in [0.1, 0.15) is 16.7 Å². The highest BCUT2D eigenvalue weighted by atomic mass is 19.1. The molecule has 106 valence electrons. The van der Waals surface area contributed by atoms with Crippen molar-refractivity contribution >= 4 is 5.84 Å². The average molecular weight is 282 g/mol. The number of amidine groups is 1. The van der Waals surface area contributed by atoms with Crippen LogP contribution in [0, 0.1) is 5.82 Å². The Morgan fingerprint density at radius 1 is 1.10 bits per heavy atom. The SMILES string of the molecule is O[C@]1(c2ccc(F)cc2)Cc2ccccc2C2=NCCN21. The summed E-state index contributed by atoms with van der Waals surface area (Å²) in [6.07, 6.45) is 0.480. The van der Waals surface area contributed by atoms with E-state index < -0.39 is 5.72 Å². The molecule has 1 atom stereocenters. The summed E-state index contributed by atoms with van der Waals surface area (Å²) in [6, 6.07) is 14.1. The van der Waals surface area contributed by atoms with E-state index in [0.717, 1.165) is 17.0 Å². The van der Waals surface area contributed by atoms with Crippen molar-refractivity contribution < 1.29 is 9.50 Å². The summed E-state index contributed by atoms with van der Waals surface area (Å²) in [7, 11) is 0. The molecule has 0 saturated carbocycles. The van der Waals surface area contributed by atoms with Gasteiger partial charge in [-0.3, -0.25) is 4.99 Å². The molecule has 4 rings (SSSR count). The zero-order chi connectivity index (χ0) is 14.4. The summed E-state index contributed by atoms with van der Waals surface area (Å²) >= 11 is 0. The van der Waals surface area contributed by atoms with E-state index >= 15 is 0 Å². The second-order valence-electron chi connectivity index (χ2n) is 5.51. The van der Waals surface area contributed by atoms with Crippen LogP contribution in [0.15, 0.2) is 53.5 Å². The minimum absolute atomic E-state index is 0.297. The molecule has 0 aromatic heterocycles. The lowest BCUT2D eigenvalue weighted by Crippen LogP contribution is -2.53. The first-order valence-electron chi connectivity index (χ1n) is 7.07. The van der Waals surface area contributed by atoms with E-state index in [9.17, 15) is 9.50 Å². The molecule has 0 unspecified atom stereocenters. The zero-order valence-corrected chi connectivity index (χ0v) is 11.5. The van der Waals surface area contributed by atoms with Crippen molar-refractivity contribution in [3.05, 3.63) is 71.0 Å². The quantitative estimate of drug-likeness (QED) is 0.871. The summed E-state index contributed by atoms with van der Waals surface area (Å²) in [5.41, 5.74) is 1.70. The Labute approximate surface area is 122 Å². The molecule has 0 amide bonds. The Hall–Kier alpha value is -2.20. The Balaban J connectivity index is 1.87. The van der Waals surface area contributed by atoms with Crippen LogP contribution in [0.3, 0.4) is 0 Å². The molecule has 21 heavy (non-hydrogen) atoms. The van der Waals surface area contributed by atoms with E-state index in [-0.39, 0.29) is 5.82 Å². The predicted molar refractivity (Wildman–Crippen MR) is 78.6 cm³/mol. The summed E-state index contributed by atoms with van der Waals surface area (Å²) in [5.74, 6) is 0.539. The topological polar surface area (TPSA) is 35.8 Å². The van der Waals surface area contributed by atoms with Gasteiger partial charge in [-0.25, -0.2) is 4.39 Å². The molecule has 0 bridgehead atoms. The second kappa shape index (κ2) is 4.40. The van der Waals surface area contributed by atoms with Crippen molar-refractivity contribution in [1.29, 1.82) is 0 Å². The van der Waals surface area contributed by atoms with Crippen LogP contribution in [0.2, 0.25) is 0 Å². The van der Waals surface area contributed by atoms with E-state index in [1.54, 1.807) is 12.1 Å². The number of benzene rings is 2. The van der Waals surface area contributed by atoms with Gasteiger partial charge in [0, 0.05) is 24.1 Å². The normalized spacial score (nSPS) is 23.5. The molecule has 2 aromatic rings. The van der Waals surface area contributed by atoms with Gasteiger partial charge < -0.3 is 10.0 Å². The number of hydrogen-bond donors (Lipinski definition) is 1.